The molecular formula is C38H51ClN4O6S. The standard InChI is InChI=1S/C38H51ClN4O6S/c1-25-8-7-10-34(47-3)32-15-12-29(32)23-43-22-28-11-14-30(39)18-26(28)9-5-6-17-49-35-16-13-27(19-33(35)43)36(44)41-50(46,24-25)42-37(45)40-31-20-38(2,21-31)48-4/h7,10-11,13-14,16,18-19,25,29,31-32,34H,5-6,8-9,12,15,17,20-24H2,1-4H3,(H2,40,41,42,44,45,46)/b10-7+/t25-,29-,31-,32+,34-,38-,50-/m0/s1. The molecule has 5 atom stereocenters. The van der Waals surface area contributed by atoms with Gasteiger partial charge in [-0.1, -0.05) is 36.7 Å². The lowest BCUT2D eigenvalue weighted by molar-refractivity contribution is -0.0719. The summed E-state index contributed by atoms with van der Waals surface area (Å²) in [6.45, 7) is 5.82. The molecule has 2 aromatic carbocycles. The Labute approximate surface area is 302 Å². The number of urea groups is 1. The molecule has 2 heterocycles. The highest BCUT2D eigenvalue weighted by atomic mass is 35.5. The van der Waals surface area contributed by atoms with Crippen LogP contribution in [0.2, 0.25) is 5.02 Å². The Balaban J connectivity index is 1.39. The number of fused-ring (bicyclic) bond motifs is 3. The van der Waals surface area contributed by atoms with E-state index in [1.807, 2.05) is 32.0 Å². The fraction of sp³-hybridized carbons (Fsp3) is 0.579. The third-order valence-electron chi connectivity index (χ3n) is 10.8. The normalized spacial score (nSPS) is 32.3. The molecule has 0 aromatic heterocycles. The number of halogens is 1. The number of carbonyl (C=O) groups is 2. The van der Waals surface area contributed by atoms with E-state index in [-0.39, 0.29) is 35.0 Å². The van der Waals surface area contributed by atoms with Crippen LogP contribution < -0.4 is 19.7 Å². The Bertz CT molecular complexity index is 1720. The van der Waals surface area contributed by atoms with Crippen LogP contribution in [0.3, 0.4) is 0 Å². The van der Waals surface area contributed by atoms with Crippen LogP contribution >= 0.6 is 11.6 Å². The predicted molar refractivity (Wildman–Crippen MR) is 197 cm³/mol. The minimum Gasteiger partial charge on any atom is -0.491 e. The average molecular weight is 727 g/mol. The maximum absolute atomic E-state index is 14.4. The Kier molecular flexibility index (Phi) is 11.5. The number of nitrogens with one attached hydrogen (secondary N) is 2. The molecule has 3 amide bonds. The number of rotatable bonds is 4. The third-order valence-corrected chi connectivity index (χ3v) is 13.1. The summed E-state index contributed by atoms with van der Waals surface area (Å²) in [6.07, 6.45) is 10.9. The van der Waals surface area contributed by atoms with Crippen molar-refractivity contribution in [2.45, 2.75) is 89.5 Å². The third kappa shape index (κ3) is 8.66. The number of amides is 3. The minimum atomic E-state index is -3.50. The molecule has 2 aliphatic heterocycles. The van der Waals surface area contributed by atoms with Gasteiger partial charge >= 0.3 is 6.03 Å². The van der Waals surface area contributed by atoms with E-state index in [1.165, 1.54) is 11.1 Å². The molecule has 2 bridgehead atoms. The lowest BCUT2D eigenvalue weighted by atomic mass is 9.70. The van der Waals surface area contributed by atoms with Gasteiger partial charge in [0.25, 0.3) is 5.91 Å². The molecule has 2 saturated carbocycles. The van der Waals surface area contributed by atoms with E-state index in [1.54, 1.807) is 20.3 Å². The van der Waals surface area contributed by atoms with E-state index in [0.717, 1.165) is 44.3 Å². The predicted octanol–water partition coefficient (Wildman–Crippen LogP) is 7.09. The molecule has 12 heteroatoms. The largest absolute Gasteiger partial charge is 0.491 e. The van der Waals surface area contributed by atoms with Crippen molar-refractivity contribution in [2.24, 2.45) is 22.1 Å². The van der Waals surface area contributed by atoms with E-state index < -0.39 is 21.9 Å². The second-order valence-electron chi connectivity index (χ2n) is 14.8. The monoisotopic (exact) mass is 726 g/mol. The van der Waals surface area contributed by atoms with Crippen molar-refractivity contribution in [3.63, 3.8) is 0 Å². The van der Waals surface area contributed by atoms with Crippen LogP contribution in [0.15, 0.2) is 52.9 Å². The Morgan fingerprint density at radius 3 is 2.68 bits per heavy atom. The summed E-state index contributed by atoms with van der Waals surface area (Å²) in [4.78, 5) is 29.4. The van der Waals surface area contributed by atoms with Gasteiger partial charge < -0.3 is 24.4 Å². The highest BCUT2D eigenvalue weighted by molar-refractivity contribution is 7.92. The van der Waals surface area contributed by atoms with Gasteiger partial charge in [0.15, 0.2) is 0 Å². The van der Waals surface area contributed by atoms with Gasteiger partial charge in [0, 0.05) is 43.9 Å². The number of nitrogens with zero attached hydrogens (tertiary/aromatic N) is 2. The van der Waals surface area contributed by atoms with E-state index in [0.29, 0.717) is 55.0 Å². The van der Waals surface area contributed by atoms with Gasteiger partial charge in [-0.25, -0.2) is 9.00 Å². The van der Waals surface area contributed by atoms with Crippen LogP contribution in [0.1, 0.15) is 80.3 Å². The number of benzene rings is 2. The summed E-state index contributed by atoms with van der Waals surface area (Å²) in [7, 11) is -0.0939. The zero-order valence-electron chi connectivity index (χ0n) is 29.6. The van der Waals surface area contributed by atoms with Crippen LogP contribution in [0.25, 0.3) is 0 Å². The van der Waals surface area contributed by atoms with Gasteiger partial charge in [-0.3, -0.25) is 9.52 Å². The maximum atomic E-state index is 14.4. The molecule has 0 unspecified atom stereocenters. The summed E-state index contributed by atoms with van der Waals surface area (Å²) in [6, 6.07) is 10.7. The number of hydrogen-bond donors (Lipinski definition) is 2. The van der Waals surface area contributed by atoms with Crippen molar-refractivity contribution >= 4 is 39.1 Å². The van der Waals surface area contributed by atoms with E-state index in [2.05, 4.69) is 43.6 Å². The maximum Gasteiger partial charge on any atom is 0.327 e. The molecule has 272 valence electrons. The zero-order chi connectivity index (χ0) is 35.5. The van der Waals surface area contributed by atoms with Crippen molar-refractivity contribution < 1.29 is 28.0 Å². The molecule has 2 aliphatic carbocycles. The lowest BCUT2D eigenvalue weighted by Crippen LogP contribution is -2.57. The molecule has 0 spiro atoms. The van der Waals surface area contributed by atoms with Gasteiger partial charge in [0.05, 0.1) is 29.8 Å². The molecule has 2 N–H and O–H groups in total. The molecule has 2 aromatic rings. The molecule has 0 radical (unpaired) electrons. The Morgan fingerprint density at radius 1 is 1.12 bits per heavy atom. The van der Waals surface area contributed by atoms with Gasteiger partial charge in [0.2, 0.25) is 0 Å². The number of ether oxygens (including phenoxy) is 3. The highest BCUT2D eigenvalue weighted by Gasteiger charge is 2.41. The summed E-state index contributed by atoms with van der Waals surface area (Å²) in [5.41, 5.74) is 3.17. The van der Waals surface area contributed by atoms with Gasteiger partial charge in [-0.05, 0) is 118 Å². The summed E-state index contributed by atoms with van der Waals surface area (Å²) < 4.78 is 39.2. The van der Waals surface area contributed by atoms with Crippen molar-refractivity contribution in [2.75, 3.05) is 38.0 Å². The van der Waals surface area contributed by atoms with Crippen LogP contribution in [-0.2, 0) is 32.4 Å². The van der Waals surface area contributed by atoms with Gasteiger partial charge in [0.1, 0.15) is 15.7 Å². The Morgan fingerprint density at radius 2 is 1.94 bits per heavy atom. The first-order valence-corrected chi connectivity index (χ1v) is 19.9. The van der Waals surface area contributed by atoms with Gasteiger partial charge in [-0.2, -0.15) is 0 Å². The van der Waals surface area contributed by atoms with E-state index >= 15 is 0 Å². The number of allylic oxidation sites excluding steroid dienone is 1. The number of aryl methyl sites for hydroxylation is 1. The summed E-state index contributed by atoms with van der Waals surface area (Å²) in [5, 5.41) is 3.60. The fourth-order valence-electron chi connectivity index (χ4n) is 7.79. The fourth-order valence-corrected chi connectivity index (χ4v) is 9.81. The number of carbonyl (C=O) groups excluding carboxylic acids is 2. The van der Waals surface area contributed by atoms with Crippen molar-refractivity contribution in [3.05, 3.63) is 70.3 Å². The minimum absolute atomic E-state index is 0.0141. The second kappa shape index (κ2) is 15.6. The van der Waals surface area contributed by atoms with Crippen LogP contribution in [-0.4, -0.2) is 67.0 Å². The van der Waals surface area contributed by atoms with Crippen LogP contribution in [0, 0.1) is 17.8 Å². The Hall–Kier alpha value is -3.12. The van der Waals surface area contributed by atoms with Crippen LogP contribution in [0.5, 0.6) is 5.75 Å². The quantitative estimate of drug-likeness (QED) is 0.323. The average Bonchev–Trinajstić information content (AvgIpc) is 3.07. The first-order chi connectivity index (χ1) is 24.0. The molecule has 4 aliphatic rings. The summed E-state index contributed by atoms with van der Waals surface area (Å²) in [5.74, 6) is 0.614. The van der Waals surface area contributed by atoms with Crippen molar-refractivity contribution in [3.8, 4) is 5.75 Å². The molecule has 50 heavy (non-hydrogen) atoms. The number of hydrogen-bond acceptors (Lipinski definition) is 7. The first-order valence-electron chi connectivity index (χ1n) is 17.9. The van der Waals surface area contributed by atoms with Crippen molar-refractivity contribution in [1.29, 1.82) is 0 Å². The molecule has 6 rings (SSSR count). The lowest BCUT2D eigenvalue weighted by Gasteiger charge is -2.44. The molecule has 0 saturated heterocycles. The topological polar surface area (TPSA) is 119 Å². The molecule has 10 nitrogen and oxygen atoms in total. The number of methoxy groups -OCH3 is 2. The highest BCUT2D eigenvalue weighted by Crippen LogP contribution is 2.42. The first kappa shape index (κ1) is 36.7. The smallest absolute Gasteiger partial charge is 0.327 e. The molecule has 2 fully saturated rings. The van der Waals surface area contributed by atoms with Crippen LogP contribution in [0.4, 0.5) is 10.5 Å². The van der Waals surface area contributed by atoms with E-state index in [4.69, 9.17) is 25.8 Å². The van der Waals surface area contributed by atoms with Crippen molar-refractivity contribution in [1.82, 2.24) is 10.0 Å². The van der Waals surface area contributed by atoms with Gasteiger partial charge in [-0.15, -0.1) is 4.36 Å². The molecular weight excluding hydrogens is 676 g/mol. The number of anilines is 1. The van der Waals surface area contributed by atoms with E-state index in [9.17, 15) is 13.8 Å². The SMILES string of the molecule is CO[C@H]1/C=C/C[C@H](C)C[S@@](=O)(NC(=O)N[C@H]2C[C@](C)(OC)C2)=NC(=O)c2ccc3c(c2)N(Cc2ccc(Cl)cc2CCCCO3)C[C@@H]2CC[C@H]21. The zero-order valence-corrected chi connectivity index (χ0v) is 31.2. The second-order valence-corrected chi connectivity index (χ2v) is 17.2. The summed E-state index contributed by atoms with van der Waals surface area (Å²) >= 11 is 6.46.